The summed E-state index contributed by atoms with van der Waals surface area (Å²) in [4.78, 5) is 11.9. The largest absolute Gasteiger partial charge is 0.573 e. The molecular formula is C16H11ClF3N3O2. The average molecular weight is 370 g/mol. The lowest BCUT2D eigenvalue weighted by atomic mass is 10.2. The number of carbonyl (C=O) groups is 1. The predicted molar refractivity (Wildman–Crippen MR) is 86.4 cm³/mol. The second-order valence-corrected chi connectivity index (χ2v) is 5.19. The third-order valence-electron chi connectivity index (χ3n) is 2.89. The third-order valence-corrected chi connectivity index (χ3v) is 3.21. The van der Waals surface area contributed by atoms with E-state index in [1.54, 1.807) is 0 Å². The first-order valence-electron chi connectivity index (χ1n) is 6.86. The predicted octanol–water partition coefficient (Wildman–Crippen LogP) is 4.16. The van der Waals surface area contributed by atoms with Crippen molar-refractivity contribution in [1.29, 1.82) is 5.26 Å². The number of nitriles is 1. The molecule has 2 N–H and O–H groups in total. The van der Waals surface area contributed by atoms with Crippen LogP contribution in [0.1, 0.15) is 5.56 Å². The molecule has 0 heterocycles. The number of anilines is 2. The summed E-state index contributed by atoms with van der Waals surface area (Å²) in [6, 6.07) is 11.4. The molecule has 0 aliphatic rings. The molecule has 130 valence electrons. The molecule has 0 aliphatic carbocycles. The second-order valence-electron chi connectivity index (χ2n) is 4.78. The molecule has 0 saturated heterocycles. The van der Waals surface area contributed by atoms with Crippen molar-refractivity contribution in [1.82, 2.24) is 0 Å². The van der Waals surface area contributed by atoms with Crippen molar-refractivity contribution in [2.24, 2.45) is 0 Å². The van der Waals surface area contributed by atoms with Gasteiger partial charge in [0.2, 0.25) is 5.91 Å². The van der Waals surface area contributed by atoms with Gasteiger partial charge in [0, 0.05) is 17.4 Å². The van der Waals surface area contributed by atoms with Gasteiger partial charge in [0.1, 0.15) is 11.8 Å². The molecule has 0 aliphatic heterocycles. The normalized spacial score (nSPS) is 10.7. The third kappa shape index (κ3) is 5.90. The minimum absolute atomic E-state index is 0.187. The average Bonchev–Trinajstić information content (AvgIpc) is 2.52. The molecule has 2 aromatic carbocycles. The van der Waals surface area contributed by atoms with Crippen LogP contribution in [0.15, 0.2) is 42.5 Å². The van der Waals surface area contributed by atoms with E-state index in [0.29, 0.717) is 5.69 Å². The number of hydrogen-bond acceptors (Lipinski definition) is 4. The number of nitrogens with one attached hydrogen (secondary N) is 2. The van der Waals surface area contributed by atoms with Gasteiger partial charge in [-0.1, -0.05) is 17.7 Å². The second kappa shape index (κ2) is 7.77. The van der Waals surface area contributed by atoms with Crippen molar-refractivity contribution in [2.75, 3.05) is 17.2 Å². The Labute approximate surface area is 146 Å². The fourth-order valence-corrected chi connectivity index (χ4v) is 2.10. The van der Waals surface area contributed by atoms with Gasteiger partial charge in [-0.25, -0.2) is 0 Å². The summed E-state index contributed by atoms with van der Waals surface area (Å²) in [6.07, 6.45) is -4.79. The van der Waals surface area contributed by atoms with Crippen LogP contribution in [0.2, 0.25) is 5.02 Å². The summed E-state index contributed by atoms with van der Waals surface area (Å²) in [6.45, 7) is -0.187. The van der Waals surface area contributed by atoms with Crippen LogP contribution in [-0.4, -0.2) is 18.8 Å². The van der Waals surface area contributed by atoms with E-state index in [9.17, 15) is 18.0 Å². The fraction of sp³-hybridized carbons (Fsp3) is 0.125. The number of amides is 1. The van der Waals surface area contributed by atoms with Crippen molar-refractivity contribution in [3.05, 3.63) is 53.1 Å². The molecule has 0 spiro atoms. The maximum Gasteiger partial charge on any atom is 0.573 e. The molecule has 0 aromatic heterocycles. The highest BCUT2D eigenvalue weighted by Gasteiger charge is 2.31. The summed E-state index contributed by atoms with van der Waals surface area (Å²) in [5.74, 6) is -0.834. The Morgan fingerprint density at radius 2 is 1.96 bits per heavy atom. The van der Waals surface area contributed by atoms with Crippen LogP contribution >= 0.6 is 11.6 Å². The van der Waals surface area contributed by atoms with Gasteiger partial charge in [0.15, 0.2) is 0 Å². The van der Waals surface area contributed by atoms with Gasteiger partial charge < -0.3 is 15.4 Å². The summed E-state index contributed by atoms with van der Waals surface area (Å²) in [5.41, 5.74) is 0.957. The highest BCUT2D eigenvalue weighted by Crippen LogP contribution is 2.25. The van der Waals surface area contributed by atoms with Crippen LogP contribution in [0.5, 0.6) is 5.75 Å². The van der Waals surface area contributed by atoms with Gasteiger partial charge in [-0.05, 0) is 30.3 Å². The summed E-state index contributed by atoms with van der Waals surface area (Å²) < 4.78 is 40.3. The zero-order chi connectivity index (χ0) is 18.4. The van der Waals surface area contributed by atoms with Crippen LogP contribution in [0.3, 0.4) is 0 Å². The molecule has 25 heavy (non-hydrogen) atoms. The first-order chi connectivity index (χ1) is 11.8. The quantitative estimate of drug-likeness (QED) is 0.830. The van der Waals surface area contributed by atoms with Crippen LogP contribution in [0.25, 0.3) is 0 Å². The van der Waals surface area contributed by atoms with Crippen molar-refractivity contribution >= 4 is 28.9 Å². The molecule has 5 nitrogen and oxygen atoms in total. The number of ether oxygens (including phenoxy) is 1. The molecule has 0 radical (unpaired) electrons. The topological polar surface area (TPSA) is 74.2 Å². The van der Waals surface area contributed by atoms with Crippen LogP contribution in [-0.2, 0) is 4.79 Å². The number of nitrogens with zero attached hydrogens (tertiary/aromatic N) is 1. The molecule has 0 saturated carbocycles. The van der Waals surface area contributed by atoms with Crippen LogP contribution in [0, 0.1) is 11.3 Å². The zero-order valence-corrected chi connectivity index (χ0v) is 13.3. The van der Waals surface area contributed by atoms with Gasteiger partial charge in [0.25, 0.3) is 0 Å². The SMILES string of the molecule is N#Cc1ccc(NC(=O)CNc2cccc(OC(F)(F)F)c2)cc1Cl. The number of benzene rings is 2. The van der Waals surface area contributed by atoms with Crippen molar-refractivity contribution in [2.45, 2.75) is 6.36 Å². The fourth-order valence-electron chi connectivity index (χ4n) is 1.87. The van der Waals surface area contributed by atoms with Crippen molar-refractivity contribution in [3.63, 3.8) is 0 Å². The number of alkyl halides is 3. The molecule has 0 unspecified atom stereocenters. The van der Waals surface area contributed by atoms with Gasteiger partial charge in [-0.2, -0.15) is 5.26 Å². The van der Waals surface area contributed by atoms with E-state index in [1.807, 2.05) is 6.07 Å². The van der Waals surface area contributed by atoms with Crippen LogP contribution in [0.4, 0.5) is 24.5 Å². The summed E-state index contributed by atoms with van der Waals surface area (Å²) in [5, 5.41) is 14.2. The molecule has 9 heteroatoms. The van der Waals surface area contributed by atoms with Gasteiger partial charge in [-0.15, -0.1) is 13.2 Å². The van der Waals surface area contributed by atoms with E-state index in [0.717, 1.165) is 12.1 Å². The Balaban J connectivity index is 1.93. The minimum Gasteiger partial charge on any atom is -0.406 e. The lowest BCUT2D eigenvalue weighted by molar-refractivity contribution is -0.274. The van der Waals surface area contributed by atoms with E-state index in [1.165, 1.54) is 30.3 Å². The molecule has 1 amide bonds. The Morgan fingerprint density at radius 1 is 1.20 bits per heavy atom. The molecule has 2 aromatic rings. The van der Waals surface area contributed by atoms with Gasteiger partial charge in [-0.3, -0.25) is 4.79 Å². The first kappa shape index (κ1) is 18.4. The number of hydrogen-bond donors (Lipinski definition) is 2. The van der Waals surface area contributed by atoms with E-state index in [-0.39, 0.29) is 22.8 Å². The smallest absolute Gasteiger partial charge is 0.406 e. The maximum absolute atomic E-state index is 12.2. The number of halogens is 4. The molecule has 0 fully saturated rings. The molecule has 2 rings (SSSR count). The van der Waals surface area contributed by atoms with E-state index in [4.69, 9.17) is 16.9 Å². The molecular weight excluding hydrogens is 359 g/mol. The number of carbonyl (C=O) groups excluding carboxylic acids is 1. The highest BCUT2D eigenvalue weighted by molar-refractivity contribution is 6.32. The van der Waals surface area contributed by atoms with Gasteiger partial charge >= 0.3 is 6.36 Å². The highest BCUT2D eigenvalue weighted by atomic mass is 35.5. The molecule has 0 atom stereocenters. The van der Waals surface area contributed by atoms with E-state index in [2.05, 4.69) is 15.4 Å². The Hall–Kier alpha value is -2.92. The lowest BCUT2D eigenvalue weighted by Gasteiger charge is -2.11. The number of rotatable bonds is 5. The van der Waals surface area contributed by atoms with Crippen molar-refractivity contribution < 1.29 is 22.7 Å². The standard InChI is InChI=1S/C16H11ClF3N3O2/c17-14-7-12(5-4-10(14)8-21)23-15(24)9-22-11-2-1-3-13(6-11)25-16(18,19)20/h1-7,22H,9H2,(H,23,24). The van der Waals surface area contributed by atoms with Crippen molar-refractivity contribution in [3.8, 4) is 11.8 Å². The zero-order valence-electron chi connectivity index (χ0n) is 12.5. The minimum atomic E-state index is -4.79. The Morgan fingerprint density at radius 3 is 2.60 bits per heavy atom. The molecule has 0 bridgehead atoms. The monoisotopic (exact) mass is 369 g/mol. The summed E-state index contributed by atoms with van der Waals surface area (Å²) >= 11 is 5.86. The lowest BCUT2D eigenvalue weighted by Crippen LogP contribution is -2.22. The Bertz CT molecular complexity index is 819. The van der Waals surface area contributed by atoms with E-state index < -0.39 is 18.0 Å². The van der Waals surface area contributed by atoms with Gasteiger partial charge in [0.05, 0.1) is 17.1 Å². The van der Waals surface area contributed by atoms with Crippen LogP contribution < -0.4 is 15.4 Å². The maximum atomic E-state index is 12.2. The first-order valence-corrected chi connectivity index (χ1v) is 7.24. The Kier molecular flexibility index (Phi) is 5.72. The summed E-state index contributed by atoms with van der Waals surface area (Å²) in [7, 11) is 0. The van der Waals surface area contributed by atoms with E-state index >= 15 is 0 Å².